The van der Waals surface area contributed by atoms with Crippen molar-refractivity contribution < 1.29 is 0 Å². The molecule has 6 nitrogen and oxygen atoms in total. The topological polar surface area (TPSA) is 57.2 Å². The Labute approximate surface area is 121 Å². The summed E-state index contributed by atoms with van der Waals surface area (Å²) in [7, 11) is 3.91. The molecule has 1 N–H and O–H groups in total. The molecule has 112 valence electrons. The number of rotatable bonds is 5. The summed E-state index contributed by atoms with van der Waals surface area (Å²) in [6.45, 7) is 8.54. The maximum Gasteiger partial charge on any atom is 0.232 e. The highest BCUT2D eigenvalue weighted by Crippen LogP contribution is 2.27. The van der Waals surface area contributed by atoms with Gasteiger partial charge in [-0.25, -0.2) is 0 Å². The lowest BCUT2D eigenvalue weighted by Crippen LogP contribution is -2.30. The molecule has 1 aliphatic heterocycles. The highest BCUT2D eigenvalue weighted by molar-refractivity contribution is 5.45. The van der Waals surface area contributed by atoms with Crippen LogP contribution in [0.3, 0.4) is 0 Å². The smallest absolute Gasteiger partial charge is 0.232 e. The van der Waals surface area contributed by atoms with Crippen molar-refractivity contribution in [3.63, 3.8) is 0 Å². The van der Waals surface area contributed by atoms with Crippen LogP contribution >= 0.6 is 0 Å². The first-order valence-electron chi connectivity index (χ1n) is 7.45. The predicted molar refractivity (Wildman–Crippen MR) is 83.5 cm³/mol. The largest absolute Gasteiger partial charge is 0.354 e. The SMILES string of the molecule is CCCNc1nc(N(C)C)nc(N2CC(C)CC2C)n1. The standard InChI is InChI=1S/C14H26N6/c1-6-7-15-12-16-13(19(4)5)18-14(17-12)20-9-10(2)8-11(20)3/h10-11H,6-9H2,1-5H3,(H,15,16,17,18). The van der Waals surface area contributed by atoms with Crippen molar-refractivity contribution in [1.82, 2.24) is 15.0 Å². The monoisotopic (exact) mass is 278 g/mol. The van der Waals surface area contributed by atoms with Crippen LogP contribution in [-0.4, -0.2) is 48.2 Å². The molecule has 0 amide bonds. The van der Waals surface area contributed by atoms with Crippen molar-refractivity contribution in [2.75, 3.05) is 42.3 Å². The van der Waals surface area contributed by atoms with Gasteiger partial charge in [0.15, 0.2) is 0 Å². The van der Waals surface area contributed by atoms with Crippen molar-refractivity contribution in [2.45, 2.75) is 39.7 Å². The number of hydrogen-bond donors (Lipinski definition) is 1. The molecule has 0 bridgehead atoms. The van der Waals surface area contributed by atoms with E-state index >= 15 is 0 Å². The van der Waals surface area contributed by atoms with Gasteiger partial charge >= 0.3 is 0 Å². The van der Waals surface area contributed by atoms with Crippen molar-refractivity contribution in [1.29, 1.82) is 0 Å². The first kappa shape index (κ1) is 14.8. The third-order valence-electron chi connectivity index (χ3n) is 3.59. The summed E-state index contributed by atoms with van der Waals surface area (Å²) in [6.07, 6.45) is 2.25. The Morgan fingerprint density at radius 1 is 1.25 bits per heavy atom. The Balaban J connectivity index is 2.29. The Morgan fingerprint density at radius 3 is 2.55 bits per heavy atom. The van der Waals surface area contributed by atoms with Crippen LogP contribution in [0.25, 0.3) is 0 Å². The molecule has 0 aliphatic carbocycles. The first-order valence-corrected chi connectivity index (χ1v) is 7.45. The van der Waals surface area contributed by atoms with Crippen LogP contribution in [0, 0.1) is 5.92 Å². The minimum absolute atomic E-state index is 0.487. The second-order valence-electron chi connectivity index (χ2n) is 5.92. The first-order chi connectivity index (χ1) is 9.51. The van der Waals surface area contributed by atoms with Gasteiger partial charge in [0.25, 0.3) is 0 Å². The van der Waals surface area contributed by atoms with E-state index in [2.05, 4.69) is 45.9 Å². The van der Waals surface area contributed by atoms with Crippen LogP contribution in [0.5, 0.6) is 0 Å². The fourth-order valence-electron chi connectivity index (χ4n) is 2.58. The van der Waals surface area contributed by atoms with E-state index in [0.717, 1.165) is 25.5 Å². The Hall–Kier alpha value is -1.59. The van der Waals surface area contributed by atoms with Crippen LogP contribution in [0.1, 0.15) is 33.6 Å². The number of anilines is 3. The van der Waals surface area contributed by atoms with E-state index in [4.69, 9.17) is 0 Å². The van der Waals surface area contributed by atoms with E-state index in [1.165, 1.54) is 6.42 Å². The lowest BCUT2D eigenvalue weighted by atomic mass is 10.1. The Kier molecular flexibility index (Phi) is 4.62. The van der Waals surface area contributed by atoms with E-state index in [1.807, 2.05) is 19.0 Å². The number of hydrogen-bond acceptors (Lipinski definition) is 6. The van der Waals surface area contributed by atoms with Gasteiger partial charge in [-0.15, -0.1) is 0 Å². The van der Waals surface area contributed by atoms with Crippen LogP contribution in [0.4, 0.5) is 17.8 Å². The molecule has 2 heterocycles. The summed E-state index contributed by atoms with van der Waals surface area (Å²) in [4.78, 5) is 17.8. The molecule has 1 aromatic rings. The van der Waals surface area contributed by atoms with Crippen molar-refractivity contribution in [3.8, 4) is 0 Å². The molecular formula is C14H26N6. The zero-order chi connectivity index (χ0) is 14.7. The summed E-state index contributed by atoms with van der Waals surface area (Å²) in [5, 5.41) is 3.26. The van der Waals surface area contributed by atoms with Crippen LogP contribution in [-0.2, 0) is 0 Å². The maximum absolute atomic E-state index is 4.60. The van der Waals surface area contributed by atoms with Gasteiger partial charge in [0, 0.05) is 33.2 Å². The molecule has 2 atom stereocenters. The average Bonchev–Trinajstić information content (AvgIpc) is 2.75. The molecule has 1 aromatic heterocycles. The lowest BCUT2D eigenvalue weighted by Gasteiger charge is -2.23. The van der Waals surface area contributed by atoms with Crippen molar-refractivity contribution in [3.05, 3.63) is 0 Å². The zero-order valence-electron chi connectivity index (χ0n) is 13.2. The third kappa shape index (κ3) is 3.29. The molecule has 0 saturated carbocycles. The quantitative estimate of drug-likeness (QED) is 0.889. The van der Waals surface area contributed by atoms with E-state index < -0.39 is 0 Å². The summed E-state index contributed by atoms with van der Waals surface area (Å²) in [5.41, 5.74) is 0. The van der Waals surface area contributed by atoms with E-state index in [-0.39, 0.29) is 0 Å². The molecule has 6 heteroatoms. The van der Waals surface area contributed by atoms with Gasteiger partial charge in [-0.2, -0.15) is 15.0 Å². The maximum atomic E-state index is 4.60. The lowest BCUT2D eigenvalue weighted by molar-refractivity contribution is 0.624. The van der Waals surface area contributed by atoms with Gasteiger partial charge in [-0.1, -0.05) is 13.8 Å². The third-order valence-corrected chi connectivity index (χ3v) is 3.59. The fourth-order valence-corrected chi connectivity index (χ4v) is 2.58. The van der Waals surface area contributed by atoms with E-state index in [9.17, 15) is 0 Å². The molecule has 1 fully saturated rings. The van der Waals surface area contributed by atoms with Gasteiger partial charge in [-0.05, 0) is 25.7 Å². The molecule has 1 saturated heterocycles. The van der Waals surface area contributed by atoms with Crippen LogP contribution in [0.15, 0.2) is 0 Å². The van der Waals surface area contributed by atoms with Gasteiger partial charge in [-0.3, -0.25) is 0 Å². The second-order valence-corrected chi connectivity index (χ2v) is 5.92. The Morgan fingerprint density at radius 2 is 2.00 bits per heavy atom. The normalized spacial score (nSPS) is 22.1. The highest BCUT2D eigenvalue weighted by Gasteiger charge is 2.28. The van der Waals surface area contributed by atoms with Gasteiger partial charge in [0.1, 0.15) is 0 Å². The van der Waals surface area contributed by atoms with Crippen molar-refractivity contribution in [2.24, 2.45) is 5.92 Å². The minimum Gasteiger partial charge on any atom is -0.354 e. The van der Waals surface area contributed by atoms with Crippen LogP contribution < -0.4 is 15.1 Å². The zero-order valence-corrected chi connectivity index (χ0v) is 13.2. The van der Waals surface area contributed by atoms with E-state index in [1.54, 1.807) is 0 Å². The Bertz CT molecular complexity index is 447. The summed E-state index contributed by atoms with van der Waals surface area (Å²) >= 11 is 0. The molecule has 0 radical (unpaired) electrons. The summed E-state index contributed by atoms with van der Waals surface area (Å²) in [5.74, 6) is 2.86. The summed E-state index contributed by atoms with van der Waals surface area (Å²) < 4.78 is 0. The highest BCUT2D eigenvalue weighted by atomic mass is 15.4. The molecule has 2 unspecified atom stereocenters. The molecule has 0 aromatic carbocycles. The van der Waals surface area contributed by atoms with Crippen molar-refractivity contribution >= 4 is 17.8 Å². The predicted octanol–water partition coefficient (Wildman–Crippen LogP) is 1.99. The van der Waals surface area contributed by atoms with E-state index in [0.29, 0.717) is 23.9 Å². The molecule has 2 rings (SSSR count). The van der Waals surface area contributed by atoms with Gasteiger partial charge in [0.05, 0.1) is 0 Å². The average molecular weight is 278 g/mol. The van der Waals surface area contributed by atoms with Crippen LogP contribution in [0.2, 0.25) is 0 Å². The fraction of sp³-hybridized carbons (Fsp3) is 0.786. The molecule has 20 heavy (non-hydrogen) atoms. The molecule has 1 aliphatic rings. The molecule has 0 spiro atoms. The number of nitrogens with zero attached hydrogens (tertiary/aromatic N) is 5. The van der Waals surface area contributed by atoms with Gasteiger partial charge in [0.2, 0.25) is 17.8 Å². The second kappa shape index (κ2) is 6.24. The van der Waals surface area contributed by atoms with Gasteiger partial charge < -0.3 is 15.1 Å². The number of aromatic nitrogens is 3. The minimum atomic E-state index is 0.487. The molecular weight excluding hydrogens is 252 g/mol. The summed E-state index contributed by atoms with van der Waals surface area (Å²) in [6, 6.07) is 0.487. The number of nitrogens with one attached hydrogen (secondary N) is 1.